The van der Waals surface area contributed by atoms with Gasteiger partial charge in [-0.25, -0.2) is 4.39 Å². The SMILES string of the molecule is O=C(CN1CCN(C(=O)c2ccc(F)cc2Cl)CC1)Nc1ccc(N2CCCCC2)cc1. The number of benzene rings is 2. The van der Waals surface area contributed by atoms with Crippen LogP contribution in [0.15, 0.2) is 42.5 Å². The summed E-state index contributed by atoms with van der Waals surface area (Å²) in [7, 11) is 0. The molecule has 0 unspecified atom stereocenters. The zero-order chi connectivity index (χ0) is 22.5. The van der Waals surface area contributed by atoms with Crippen LogP contribution in [0, 0.1) is 5.82 Å². The van der Waals surface area contributed by atoms with Gasteiger partial charge >= 0.3 is 0 Å². The van der Waals surface area contributed by atoms with Crippen LogP contribution >= 0.6 is 11.6 Å². The molecule has 2 aliphatic heterocycles. The normalized spacial score (nSPS) is 17.3. The second-order valence-corrected chi connectivity index (χ2v) is 8.74. The maximum Gasteiger partial charge on any atom is 0.255 e. The molecule has 32 heavy (non-hydrogen) atoms. The fraction of sp³-hybridized carbons (Fsp3) is 0.417. The van der Waals surface area contributed by atoms with Gasteiger partial charge in [-0.1, -0.05) is 11.6 Å². The number of nitrogens with one attached hydrogen (secondary N) is 1. The van der Waals surface area contributed by atoms with Crippen molar-refractivity contribution >= 4 is 34.8 Å². The summed E-state index contributed by atoms with van der Waals surface area (Å²) in [5.74, 6) is -0.756. The van der Waals surface area contributed by atoms with Gasteiger partial charge in [0, 0.05) is 50.6 Å². The van der Waals surface area contributed by atoms with Gasteiger partial charge in [0.2, 0.25) is 5.91 Å². The third-order valence-corrected chi connectivity index (χ3v) is 6.37. The van der Waals surface area contributed by atoms with Gasteiger partial charge in [0.25, 0.3) is 5.91 Å². The number of hydrogen-bond acceptors (Lipinski definition) is 4. The highest BCUT2D eigenvalue weighted by molar-refractivity contribution is 6.33. The minimum atomic E-state index is -0.469. The lowest BCUT2D eigenvalue weighted by molar-refractivity contribution is -0.117. The molecule has 0 radical (unpaired) electrons. The van der Waals surface area contributed by atoms with Gasteiger partial charge < -0.3 is 15.1 Å². The summed E-state index contributed by atoms with van der Waals surface area (Å²) >= 11 is 6.02. The first-order valence-corrected chi connectivity index (χ1v) is 11.5. The molecule has 2 heterocycles. The molecular formula is C24H28ClFN4O2. The molecule has 2 aromatic rings. The molecular weight excluding hydrogens is 431 g/mol. The van der Waals surface area contributed by atoms with Gasteiger partial charge in [-0.05, 0) is 61.7 Å². The number of halogens is 2. The molecule has 0 atom stereocenters. The number of piperazine rings is 1. The second kappa shape index (κ2) is 10.3. The third kappa shape index (κ3) is 5.58. The minimum Gasteiger partial charge on any atom is -0.372 e. The number of amides is 2. The van der Waals surface area contributed by atoms with Gasteiger partial charge in [0.1, 0.15) is 5.82 Å². The smallest absolute Gasteiger partial charge is 0.255 e. The molecule has 6 nitrogen and oxygen atoms in total. The largest absolute Gasteiger partial charge is 0.372 e. The van der Waals surface area contributed by atoms with Crippen molar-refractivity contribution in [2.45, 2.75) is 19.3 Å². The van der Waals surface area contributed by atoms with Crippen LogP contribution in [0.5, 0.6) is 0 Å². The van der Waals surface area contributed by atoms with Crippen molar-refractivity contribution in [1.82, 2.24) is 9.80 Å². The van der Waals surface area contributed by atoms with Crippen LogP contribution in [0.4, 0.5) is 15.8 Å². The Balaban J connectivity index is 1.24. The zero-order valence-corrected chi connectivity index (χ0v) is 18.8. The lowest BCUT2D eigenvalue weighted by atomic mass is 10.1. The van der Waals surface area contributed by atoms with Gasteiger partial charge in [-0.2, -0.15) is 0 Å². The van der Waals surface area contributed by atoms with Crippen LogP contribution in [-0.4, -0.2) is 67.4 Å². The highest BCUT2D eigenvalue weighted by atomic mass is 35.5. The summed E-state index contributed by atoms with van der Waals surface area (Å²) < 4.78 is 13.2. The molecule has 2 aliphatic rings. The Morgan fingerprint density at radius 2 is 1.59 bits per heavy atom. The second-order valence-electron chi connectivity index (χ2n) is 8.34. The van der Waals surface area contributed by atoms with Crippen molar-refractivity contribution in [3.05, 3.63) is 58.9 Å². The van der Waals surface area contributed by atoms with E-state index in [1.54, 1.807) is 4.90 Å². The summed E-state index contributed by atoms with van der Waals surface area (Å²) in [5.41, 5.74) is 2.28. The molecule has 4 rings (SSSR count). The maximum absolute atomic E-state index is 13.2. The van der Waals surface area contributed by atoms with Crippen LogP contribution in [0.1, 0.15) is 29.6 Å². The standard InChI is InChI=1S/C24H28ClFN4O2/c25-22-16-18(26)4-9-21(22)24(32)30-14-12-28(13-15-30)17-23(31)27-19-5-7-20(8-6-19)29-10-2-1-3-11-29/h4-9,16H,1-3,10-15,17H2,(H,27,31). The Hall–Kier alpha value is -2.64. The van der Waals surface area contributed by atoms with Gasteiger partial charge in [-0.15, -0.1) is 0 Å². The van der Waals surface area contributed by atoms with Crippen LogP contribution < -0.4 is 10.2 Å². The number of anilines is 2. The van der Waals surface area contributed by atoms with E-state index in [4.69, 9.17) is 11.6 Å². The molecule has 8 heteroatoms. The molecule has 1 N–H and O–H groups in total. The van der Waals surface area contributed by atoms with Gasteiger partial charge in [0.05, 0.1) is 17.1 Å². The first kappa shape index (κ1) is 22.6. The summed E-state index contributed by atoms with van der Waals surface area (Å²) in [6.07, 6.45) is 3.76. The molecule has 0 aliphatic carbocycles. The van der Waals surface area contributed by atoms with E-state index in [0.29, 0.717) is 31.7 Å². The lowest BCUT2D eigenvalue weighted by Crippen LogP contribution is -2.50. The monoisotopic (exact) mass is 458 g/mol. The minimum absolute atomic E-state index is 0.0721. The first-order chi connectivity index (χ1) is 15.5. The first-order valence-electron chi connectivity index (χ1n) is 11.1. The van der Waals surface area contributed by atoms with Gasteiger partial charge in [0.15, 0.2) is 0 Å². The van der Waals surface area contributed by atoms with Crippen LogP contribution in [0.2, 0.25) is 5.02 Å². The van der Waals surface area contributed by atoms with Crippen molar-refractivity contribution in [3.63, 3.8) is 0 Å². The summed E-state index contributed by atoms with van der Waals surface area (Å²) in [5, 5.41) is 3.07. The van der Waals surface area contributed by atoms with Crippen molar-refractivity contribution in [2.75, 3.05) is 56.0 Å². The number of rotatable bonds is 5. The molecule has 0 saturated carbocycles. The molecule has 2 fully saturated rings. The Bertz CT molecular complexity index is 955. The molecule has 170 valence electrons. The molecule has 2 aromatic carbocycles. The molecule has 2 saturated heterocycles. The van der Waals surface area contributed by atoms with E-state index in [1.165, 1.54) is 37.1 Å². The van der Waals surface area contributed by atoms with E-state index in [1.807, 2.05) is 17.0 Å². The fourth-order valence-corrected chi connectivity index (χ4v) is 4.50. The number of nitrogens with zero attached hydrogens (tertiary/aromatic N) is 3. The average Bonchev–Trinajstić information content (AvgIpc) is 2.80. The zero-order valence-electron chi connectivity index (χ0n) is 18.0. The van der Waals surface area contributed by atoms with Crippen LogP contribution in [-0.2, 0) is 4.79 Å². The Morgan fingerprint density at radius 3 is 2.25 bits per heavy atom. The van der Waals surface area contributed by atoms with Crippen molar-refractivity contribution in [1.29, 1.82) is 0 Å². The molecule has 0 spiro atoms. The predicted octanol–water partition coefficient (Wildman–Crippen LogP) is 3.87. The van der Waals surface area contributed by atoms with Crippen LogP contribution in [0.25, 0.3) is 0 Å². The summed E-state index contributed by atoms with van der Waals surface area (Å²) in [6.45, 7) is 4.61. The van der Waals surface area contributed by atoms with E-state index >= 15 is 0 Å². The summed E-state index contributed by atoms with van der Waals surface area (Å²) in [6, 6.07) is 11.8. The van der Waals surface area contributed by atoms with E-state index in [9.17, 15) is 14.0 Å². The topological polar surface area (TPSA) is 55.9 Å². The molecule has 2 amide bonds. The van der Waals surface area contributed by atoms with Crippen molar-refractivity contribution in [3.8, 4) is 0 Å². The maximum atomic E-state index is 13.2. The molecule has 0 bridgehead atoms. The lowest BCUT2D eigenvalue weighted by Gasteiger charge is -2.34. The van der Waals surface area contributed by atoms with E-state index in [-0.39, 0.29) is 23.4 Å². The highest BCUT2D eigenvalue weighted by Crippen LogP contribution is 2.22. The van der Waals surface area contributed by atoms with E-state index in [2.05, 4.69) is 22.3 Å². The third-order valence-electron chi connectivity index (χ3n) is 6.06. The van der Waals surface area contributed by atoms with E-state index in [0.717, 1.165) is 24.8 Å². The Kier molecular flexibility index (Phi) is 7.27. The van der Waals surface area contributed by atoms with Crippen LogP contribution in [0.3, 0.4) is 0 Å². The number of hydrogen-bond donors (Lipinski definition) is 1. The quantitative estimate of drug-likeness (QED) is 0.739. The number of piperidine rings is 1. The molecule has 0 aromatic heterocycles. The predicted molar refractivity (Wildman–Crippen MR) is 125 cm³/mol. The number of carbonyl (C=O) groups is 2. The van der Waals surface area contributed by atoms with Crippen molar-refractivity contribution < 1.29 is 14.0 Å². The van der Waals surface area contributed by atoms with Crippen molar-refractivity contribution in [2.24, 2.45) is 0 Å². The van der Waals surface area contributed by atoms with E-state index < -0.39 is 5.82 Å². The highest BCUT2D eigenvalue weighted by Gasteiger charge is 2.24. The Labute approximate surface area is 192 Å². The van der Waals surface area contributed by atoms with Gasteiger partial charge in [-0.3, -0.25) is 14.5 Å². The average molecular weight is 459 g/mol. The Morgan fingerprint density at radius 1 is 0.906 bits per heavy atom. The number of carbonyl (C=O) groups excluding carboxylic acids is 2. The summed E-state index contributed by atoms with van der Waals surface area (Å²) in [4.78, 5) is 31.2. The fourth-order valence-electron chi connectivity index (χ4n) is 4.25.